The van der Waals surface area contributed by atoms with Gasteiger partial charge in [0.05, 0.1) is 11.5 Å². The number of nitro groups is 1. The summed E-state index contributed by atoms with van der Waals surface area (Å²) in [7, 11) is 0. The summed E-state index contributed by atoms with van der Waals surface area (Å²) in [5, 5.41) is 10.6. The van der Waals surface area contributed by atoms with Crippen LogP contribution in [0.4, 0.5) is 11.4 Å². The Morgan fingerprint density at radius 1 is 1.41 bits per heavy atom. The molecule has 90 valence electrons. The smallest absolute Gasteiger partial charge is 0.269 e. The fourth-order valence-electron chi connectivity index (χ4n) is 2.15. The number of anilines is 1. The number of nitrogens with zero attached hydrogens (tertiary/aromatic N) is 2. The lowest BCUT2D eigenvalue weighted by Crippen LogP contribution is -2.35. The molecule has 1 aromatic rings. The van der Waals surface area contributed by atoms with Crippen molar-refractivity contribution in [1.29, 1.82) is 0 Å². The van der Waals surface area contributed by atoms with Gasteiger partial charge in [0.15, 0.2) is 5.78 Å². The van der Waals surface area contributed by atoms with E-state index in [-0.39, 0.29) is 11.5 Å². The van der Waals surface area contributed by atoms with Crippen LogP contribution in [0.1, 0.15) is 18.4 Å². The molecular formula is C12H14N2O3. The van der Waals surface area contributed by atoms with E-state index in [1.54, 1.807) is 12.1 Å². The van der Waals surface area contributed by atoms with Gasteiger partial charge >= 0.3 is 0 Å². The second-order valence-corrected chi connectivity index (χ2v) is 4.29. The quantitative estimate of drug-likeness (QED) is 0.580. The van der Waals surface area contributed by atoms with Gasteiger partial charge in [-0.25, -0.2) is 0 Å². The highest BCUT2D eigenvalue weighted by atomic mass is 16.6. The van der Waals surface area contributed by atoms with E-state index in [1.165, 1.54) is 6.07 Å². The van der Waals surface area contributed by atoms with E-state index in [4.69, 9.17) is 0 Å². The van der Waals surface area contributed by atoms with Crippen molar-refractivity contribution >= 4 is 17.2 Å². The molecule has 0 aromatic heterocycles. The van der Waals surface area contributed by atoms with Gasteiger partial charge in [-0.05, 0) is 25.0 Å². The molecule has 2 rings (SSSR count). The first kappa shape index (κ1) is 11.6. The van der Waals surface area contributed by atoms with Crippen LogP contribution < -0.4 is 4.90 Å². The van der Waals surface area contributed by atoms with Gasteiger partial charge < -0.3 is 4.90 Å². The minimum Gasteiger partial charge on any atom is -0.364 e. The van der Waals surface area contributed by atoms with E-state index >= 15 is 0 Å². The molecule has 1 saturated heterocycles. The molecule has 0 radical (unpaired) electrons. The average Bonchev–Trinajstić information content (AvgIpc) is 2.28. The molecule has 1 heterocycles. The molecule has 0 unspecified atom stereocenters. The van der Waals surface area contributed by atoms with Crippen LogP contribution in [0.25, 0.3) is 0 Å². The summed E-state index contributed by atoms with van der Waals surface area (Å²) >= 11 is 0. The van der Waals surface area contributed by atoms with E-state index in [1.807, 2.05) is 11.8 Å². The number of ketones is 1. The van der Waals surface area contributed by atoms with Crippen LogP contribution in [0, 0.1) is 17.0 Å². The fraction of sp³-hybridized carbons (Fsp3) is 0.417. The Morgan fingerprint density at radius 3 is 2.76 bits per heavy atom. The molecule has 0 N–H and O–H groups in total. The molecule has 5 heteroatoms. The number of benzene rings is 1. The minimum absolute atomic E-state index is 0.0922. The van der Waals surface area contributed by atoms with Crippen LogP contribution in [0.2, 0.25) is 0 Å². The third-order valence-electron chi connectivity index (χ3n) is 2.98. The maximum Gasteiger partial charge on any atom is 0.269 e. The van der Waals surface area contributed by atoms with Crippen molar-refractivity contribution in [2.75, 3.05) is 18.0 Å². The maximum atomic E-state index is 11.4. The first-order chi connectivity index (χ1) is 8.08. The molecule has 5 nitrogen and oxygen atoms in total. The summed E-state index contributed by atoms with van der Waals surface area (Å²) in [6.07, 6.45) is 1.50. The van der Waals surface area contributed by atoms with Crippen molar-refractivity contribution in [3.63, 3.8) is 0 Å². The van der Waals surface area contributed by atoms with E-state index in [2.05, 4.69) is 0 Å². The van der Waals surface area contributed by atoms with Crippen molar-refractivity contribution in [3.05, 3.63) is 33.9 Å². The van der Waals surface area contributed by atoms with Crippen molar-refractivity contribution in [2.45, 2.75) is 19.8 Å². The van der Waals surface area contributed by atoms with Gasteiger partial charge in [0.1, 0.15) is 0 Å². The molecule has 0 saturated carbocycles. The number of Topliss-reactive ketones (excluding diaryl/α,β-unsaturated/α-hetero) is 1. The zero-order valence-electron chi connectivity index (χ0n) is 9.68. The zero-order valence-corrected chi connectivity index (χ0v) is 9.68. The molecule has 0 bridgehead atoms. The van der Waals surface area contributed by atoms with Crippen LogP contribution in [-0.2, 0) is 4.79 Å². The number of carbonyl (C=O) groups is 1. The van der Waals surface area contributed by atoms with Crippen LogP contribution >= 0.6 is 0 Å². The van der Waals surface area contributed by atoms with Gasteiger partial charge in [0, 0.05) is 30.8 Å². The van der Waals surface area contributed by atoms with E-state index in [9.17, 15) is 14.9 Å². The van der Waals surface area contributed by atoms with E-state index in [0.717, 1.165) is 24.2 Å². The number of piperidine rings is 1. The predicted octanol–water partition coefficient (Wildman–Crippen LogP) is 2.07. The lowest BCUT2D eigenvalue weighted by Gasteiger charge is -2.29. The lowest BCUT2D eigenvalue weighted by molar-refractivity contribution is -0.384. The molecular weight excluding hydrogens is 220 g/mol. The standard InChI is InChI=1S/C12H14N2O3/c1-9-7-10(14(16)17)4-5-12(9)13-6-2-3-11(15)8-13/h4-5,7H,2-3,6,8H2,1H3. The number of aryl methyl sites for hydroxylation is 1. The monoisotopic (exact) mass is 234 g/mol. The number of carbonyl (C=O) groups excluding carboxylic acids is 1. The van der Waals surface area contributed by atoms with Crippen LogP contribution in [0.5, 0.6) is 0 Å². The van der Waals surface area contributed by atoms with Crippen molar-refractivity contribution in [2.24, 2.45) is 0 Å². The molecule has 17 heavy (non-hydrogen) atoms. The second kappa shape index (κ2) is 4.53. The number of rotatable bonds is 2. The van der Waals surface area contributed by atoms with Crippen molar-refractivity contribution in [3.8, 4) is 0 Å². The van der Waals surface area contributed by atoms with E-state index in [0.29, 0.717) is 13.0 Å². The Labute approximate surface area is 99.2 Å². The highest BCUT2D eigenvalue weighted by Crippen LogP contribution is 2.26. The lowest BCUT2D eigenvalue weighted by atomic mass is 10.1. The van der Waals surface area contributed by atoms with Gasteiger partial charge in [-0.3, -0.25) is 14.9 Å². The van der Waals surface area contributed by atoms with Crippen LogP contribution in [0.15, 0.2) is 18.2 Å². The molecule has 0 spiro atoms. The molecule has 1 aliphatic rings. The summed E-state index contributed by atoms with van der Waals surface area (Å²) in [5.41, 5.74) is 1.85. The van der Waals surface area contributed by atoms with Gasteiger partial charge in [-0.15, -0.1) is 0 Å². The molecule has 1 fully saturated rings. The number of nitro benzene ring substituents is 1. The highest BCUT2D eigenvalue weighted by molar-refractivity contribution is 5.85. The van der Waals surface area contributed by atoms with Crippen LogP contribution in [0.3, 0.4) is 0 Å². The Bertz CT molecular complexity index is 471. The highest BCUT2D eigenvalue weighted by Gasteiger charge is 2.19. The zero-order chi connectivity index (χ0) is 12.4. The van der Waals surface area contributed by atoms with Gasteiger partial charge in [0.25, 0.3) is 5.69 Å². The number of non-ortho nitro benzene ring substituents is 1. The summed E-state index contributed by atoms with van der Waals surface area (Å²) < 4.78 is 0. The third kappa shape index (κ3) is 2.43. The summed E-state index contributed by atoms with van der Waals surface area (Å²) in [6.45, 7) is 3.09. The van der Waals surface area contributed by atoms with E-state index < -0.39 is 4.92 Å². The third-order valence-corrected chi connectivity index (χ3v) is 2.98. The molecule has 0 aliphatic carbocycles. The second-order valence-electron chi connectivity index (χ2n) is 4.29. The van der Waals surface area contributed by atoms with Gasteiger partial charge in [-0.2, -0.15) is 0 Å². The van der Waals surface area contributed by atoms with Crippen molar-refractivity contribution in [1.82, 2.24) is 0 Å². The Hall–Kier alpha value is -1.91. The number of hydrogen-bond donors (Lipinski definition) is 0. The van der Waals surface area contributed by atoms with Crippen LogP contribution in [-0.4, -0.2) is 23.8 Å². The number of hydrogen-bond acceptors (Lipinski definition) is 4. The Kier molecular flexibility index (Phi) is 3.08. The minimum atomic E-state index is -0.405. The Morgan fingerprint density at radius 2 is 2.18 bits per heavy atom. The first-order valence-electron chi connectivity index (χ1n) is 5.59. The molecule has 0 atom stereocenters. The van der Waals surface area contributed by atoms with Gasteiger partial charge in [0.2, 0.25) is 0 Å². The summed E-state index contributed by atoms with van der Waals surface area (Å²) in [4.78, 5) is 23.6. The molecule has 1 aromatic carbocycles. The van der Waals surface area contributed by atoms with Crippen molar-refractivity contribution < 1.29 is 9.72 Å². The Balaban J connectivity index is 2.26. The average molecular weight is 234 g/mol. The molecule has 0 amide bonds. The first-order valence-corrected chi connectivity index (χ1v) is 5.59. The fourth-order valence-corrected chi connectivity index (χ4v) is 2.15. The summed E-state index contributed by atoms with van der Waals surface area (Å²) in [5.74, 6) is 0.231. The topological polar surface area (TPSA) is 63.5 Å². The maximum absolute atomic E-state index is 11.4. The van der Waals surface area contributed by atoms with Gasteiger partial charge in [-0.1, -0.05) is 0 Å². The predicted molar refractivity (Wildman–Crippen MR) is 64.3 cm³/mol. The summed E-state index contributed by atoms with van der Waals surface area (Å²) in [6, 6.07) is 4.77. The largest absolute Gasteiger partial charge is 0.364 e. The SMILES string of the molecule is Cc1cc([N+](=O)[O-])ccc1N1CCCC(=O)C1. The molecule has 1 aliphatic heterocycles. The normalized spacial score (nSPS) is 16.1.